The minimum absolute atomic E-state index is 0.135. The molecule has 144 valence electrons. The van der Waals surface area contributed by atoms with Gasteiger partial charge >= 0.3 is 6.03 Å². The van der Waals surface area contributed by atoms with E-state index < -0.39 is 11.6 Å². The van der Waals surface area contributed by atoms with Crippen LogP contribution in [0.3, 0.4) is 0 Å². The lowest BCUT2D eigenvalue weighted by Gasteiger charge is -2.37. The lowest BCUT2D eigenvalue weighted by molar-refractivity contribution is -0.139. The maximum absolute atomic E-state index is 13.0. The quantitative estimate of drug-likeness (QED) is 0.714. The molecule has 0 radical (unpaired) electrons. The van der Waals surface area contributed by atoms with Gasteiger partial charge in [0.1, 0.15) is 12.1 Å². The molecule has 2 aliphatic carbocycles. The average Bonchev–Trinajstić information content (AvgIpc) is 3.18. The number of hydrogen-bond donors (Lipinski definition) is 2. The van der Waals surface area contributed by atoms with Crippen molar-refractivity contribution in [3.05, 3.63) is 0 Å². The topological polar surface area (TPSA) is 95.7 Å². The molecule has 7 heteroatoms. The van der Waals surface area contributed by atoms with Crippen LogP contribution in [0.15, 0.2) is 0 Å². The number of fused-ring (bicyclic) bond motifs is 1. The summed E-state index contributed by atoms with van der Waals surface area (Å²) < 4.78 is 0. The molecule has 4 rings (SSSR count). The van der Waals surface area contributed by atoms with Crippen molar-refractivity contribution >= 4 is 17.8 Å². The normalized spacial score (nSPS) is 42.5. The third-order valence-corrected chi connectivity index (χ3v) is 7.00. The molecule has 5 atom stereocenters. The Labute approximate surface area is 154 Å². The number of urea groups is 1. The summed E-state index contributed by atoms with van der Waals surface area (Å²) in [5, 5.41) is 2.92. The Kier molecular flexibility index (Phi) is 4.25. The maximum atomic E-state index is 13.0. The van der Waals surface area contributed by atoms with Gasteiger partial charge in [-0.1, -0.05) is 13.8 Å². The van der Waals surface area contributed by atoms with Gasteiger partial charge in [0.15, 0.2) is 0 Å². The predicted molar refractivity (Wildman–Crippen MR) is 95.9 cm³/mol. The second kappa shape index (κ2) is 6.22. The number of nitrogens with zero attached hydrogens (tertiary/aromatic N) is 2. The molecule has 0 aromatic carbocycles. The van der Waals surface area contributed by atoms with Crippen molar-refractivity contribution in [1.29, 1.82) is 0 Å². The van der Waals surface area contributed by atoms with Crippen LogP contribution in [0, 0.1) is 23.7 Å². The van der Waals surface area contributed by atoms with Crippen LogP contribution in [0.5, 0.6) is 0 Å². The number of rotatable bonds is 2. The Morgan fingerprint density at radius 2 is 1.88 bits per heavy atom. The monoisotopic (exact) mass is 362 g/mol. The van der Waals surface area contributed by atoms with Crippen LogP contribution in [0.1, 0.15) is 46.0 Å². The number of nitrogens with two attached hydrogens (primary N) is 1. The number of nitrogens with one attached hydrogen (secondary N) is 1. The maximum Gasteiger partial charge on any atom is 0.325 e. The molecule has 7 nitrogen and oxygen atoms in total. The van der Waals surface area contributed by atoms with Crippen molar-refractivity contribution in [2.24, 2.45) is 29.4 Å². The molecule has 4 aliphatic rings. The van der Waals surface area contributed by atoms with Crippen molar-refractivity contribution < 1.29 is 14.4 Å². The van der Waals surface area contributed by atoms with E-state index >= 15 is 0 Å². The highest BCUT2D eigenvalue weighted by molar-refractivity contribution is 6.09. The number of imide groups is 1. The fourth-order valence-electron chi connectivity index (χ4n) is 5.97. The van der Waals surface area contributed by atoms with Crippen LogP contribution in [-0.2, 0) is 9.59 Å². The molecule has 0 bridgehead atoms. The zero-order valence-corrected chi connectivity index (χ0v) is 15.7. The second-order valence-electron chi connectivity index (χ2n) is 9.22. The van der Waals surface area contributed by atoms with Gasteiger partial charge < -0.3 is 16.0 Å². The van der Waals surface area contributed by atoms with Gasteiger partial charge in [0.25, 0.3) is 5.91 Å². The van der Waals surface area contributed by atoms with Gasteiger partial charge in [0.05, 0.1) is 0 Å². The zero-order valence-electron chi connectivity index (χ0n) is 15.7. The second-order valence-corrected chi connectivity index (χ2v) is 9.22. The summed E-state index contributed by atoms with van der Waals surface area (Å²) in [4.78, 5) is 41.2. The van der Waals surface area contributed by atoms with Crippen LogP contribution < -0.4 is 11.1 Å². The third kappa shape index (κ3) is 2.80. The molecule has 0 aromatic heterocycles. The van der Waals surface area contributed by atoms with Crippen molar-refractivity contribution in [2.45, 2.75) is 57.5 Å². The molecule has 2 saturated heterocycles. The molecule has 4 fully saturated rings. The Morgan fingerprint density at radius 1 is 1.19 bits per heavy atom. The summed E-state index contributed by atoms with van der Waals surface area (Å²) in [7, 11) is 0. The van der Waals surface area contributed by atoms with Crippen LogP contribution in [0.4, 0.5) is 4.79 Å². The summed E-state index contributed by atoms with van der Waals surface area (Å²) in [5.74, 6) is 1.27. The number of hydrogen-bond acceptors (Lipinski definition) is 4. The van der Waals surface area contributed by atoms with E-state index in [4.69, 9.17) is 5.73 Å². The smallest absolute Gasteiger partial charge is 0.325 e. The molecular formula is C19H30N4O3. The lowest BCUT2D eigenvalue weighted by atomic mass is 9.71. The first-order chi connectivity index (χ1) is 12.3. The van der Waals surface area contributed by atoms with E-state index in [-0.39, 0.29) is 24.4 Å². The van der Waals surface area contributed by atoms with Gasteiger partial charge in [0.2, 0.25) is 5.91 Å². The van der Waals surface area contributed by atoms with E-state index in [0.717, 1.165) is 24.2 Å². The number of carbonyl (C=O) groups excluding carboxylic acids is 3. The fraction of sp³-hybridized carbons (Fsp3) is 0.842. The highest BCUT2D eigenvalue weighted by Crippen LogP contribution is 2.40. The van der Waals surface area contributed by atoms with Gasteiger partial charge in [-0.05, 0) is 55.8 Å². The molecule has 3 N–H and O–H groups in total. The SMILES string of the molecule is CC1CC(C)CC2(C1)NC(=O)N(CC(=O)N1CC3CCC(N)C3C1)C2=O. The molecule has 4 amide bonds. The first-order valence-electron chi connectivity index (χ1n) is 9.96. The largest absolute Gasteiger partial charge is 0.341 e. The molecule has 2 aliphatic heterocycles. The fourth-order valence-corrected chi connectivity index (χ4v) is 5.97. The Hall–Kier alpha value is -1.63. The highest BCUT2D eigenvalue weighted by atomic mass is 16.2. The summed E-state index contributed by atoms with van der Waals surface area (Å²) in [6, 6.07) is -0.247. The van der Waals surface area contributed by atoms with Gasteiger partial charge in [-0.3, -0.25) is 14.5 Å². The molecule has 26 heavy (non-hydrogen) atoms. The van der Waals surface area contributed by atoms with Crippen LogP contribution in [0.2, 0.25) is 0 Å². The first-order valence-corrected chi connectivity index (χ1v) is 9.96. The molecule has 2 saturated carbocycles. The number of carbonyl (C=O) groups is 3. The van der Waals surface area contributed by atoms with Gasteiger partial charge in [-0.2, -0.15) is 0 Å². The minimum atomic E-state index is -0.807. The van der Waals surface area contributed by atoms with E-state index in [1.54, 1.807) is 4.90 Å². The molecule has 5 unspecified atom stereocenters. The van der Waals surface area contributed by atoms with E-state index in [9.17, 15) is 14.4 Å². The molecule has 0 aromatic rings. The molecule has 1 spiro atoms. The van der Waals surface area contributed by atoms with Gasteiger partial charge in [-0.25, -0.2) is 4.79 Å². The van der Waals surface area contributed by atoms with Crippen LogP contribution in [-0.4, -0.2) is 58.9 Å². The zero-order chi connectivity index (χ0) is 18.6. The Balaban J connectivity index is 1.43. The predicted octanol–water partition coefficient (Wildman–Crippen LogP) is 0.929. The Bertz CT molecular complexity index is 626. The third-order valence-electron chi connectivity index (χ3n) is 7.00. The van der Waals surface area contributed by atoms with E-state index in [2.05, 4.69) is 19.2 Å². The van der Waals surface area contributed by atoms with Crippen LogP contribution in [0.25, 0.3) is 0 Å². The average molecular weight is 362 g/mol. The van der Waals surface area contributed by atoms with E-state index in [0.29, 0.717) is 49.6 Å². The van der Waals surface area contributed by atoms with Crippen molar-refractivity contribution in [3.63, 3.8) is 0 Å². The number of amides is 4. The molecular weight excluding hydrogens is 332 g/mol. The van der Waals surface area contributed by atoms with Crippen molar-refractivity contribution in [1.82, 2.24) is 15.1 Å². The summed E-state index contributed by atoms with van der Waals surface area (Å²) in [6.45, 7) is 5.46. The van der Waals surface area contributed by atoms with Crippen LogP contribution >= 0.6 is 0 Å². The van der Waals surface area contributed by atoms with E-state index in [1.165, 1.54) is 0 Å². The first kappa shape index (κ1) is 17.8. The molecule has 2 heterocycles. The minimum Gasteiger partial charge on any atom is -0.341 e. The van der Waals surface area contributed by atoms with E-state index in [1.807, 2.05) is 0 Å². The Morgan fingerprint density at radius 3 is 2.54 bits per heavy atom. The van der Waals surface area contributed by atoms with Crippen molar-refractivity contribution in [2.75, 3.05) is 19.6 Å². The lowest BCUT2D eigenvalue weighted by Crippen LogP contribution is -2.52. The summed E-state index contributed by atoms with van der Waals surface area (Å²) in [5.41, 5.74) is 5.34. The standard InChI is InChI=1S/C19H30N4O3/c1-11-5-12(2)7-19(6-11)17(25)23(18(26)21-19)10-16(24)22-8-13-3-4-15(20)14(13)9-22/h11-15H,3-10,20H2,1-2H3,(H,21,26). The summed E-state index contributed by atoms with van der Waals surface area (Å²) >= 11 is 0. The van der Waals surface area contributed by atoms with Gasteiger partial charge in [0, 0.05) is 19.1 Å². The highest BCUT2D eigenvalue weighted by Gasteiger charge is 2.54. The summed E-state index contributed by atoms with van der Waals surface area (Å²) in [6.07, 6.45) is 4.49. The number of likely N-dealkylation sites (tertiary alicyclic amines) is 1. The van der Waals surface area contributed by atoms with Crippen molar-refractivity contribution in [3.8, 4) is 0 Å². The van der Waals surface area contributed by atoms with Gasteiger partial charge in [-0.15, -0.1) is 0 Å².